The average Bonchev–Trinajstić information content (AvgIpc) is 2.63. The molecule has 0 radical (unpaired) electrons. The number of carboxylic acids is 1. The van der Waals surface area contributed by atoms with E-state index in [9.17, 15) is 9.90 Å². The van der Waals surface area contributed by atoms with Gasteiger partial charge in [-0.05, 0) is 55.2 Å². The van der Waals surface area contributed by atoms with Gasteiger partial charge in [0.05, 0.1) is 5.92 Å². The Labute approximate surface area is 148 Å². The summed E-state index contributed by atoms with van der Waals surface area (Å²) in [5.41, 5.74) is 2.26. The summed E-state index contributed by atoms with van der Waals surface area (Å²) in [6.07, 6.45) is 5.22. The fourth-order valence-corrected chi connectivity index (χ4v) is 3.17. The molecule has 5 heteroatoms. The van der Waals surface area contributed by atoms with Gasteiger partial charge >= 0.3 is 5.97 Å². The molecule has 1 aliphatic rings. The van der Waals surface area contributed by atoms with Gasteiger partial charge in [-0.15, -0.1) is 0 Å². The largest absolute Gasteiger partial charge is 0.489 e. The standard InChI is InChI=1S/C20H24N2O3/c1-15-2-5-18(20(23)24)13-22(15)12-16-3-6-19(7-4-16)25-14-17-8-10-21-11-9-17/h3-4,6-11,15,18H,2,5,12-14H2,1H3,(H,23,24). The van der Waals surface area contributed by atoms with Crippen LogP contribution < -0.4 is 4.74 Å². The third-order valence-corrected chi connectivity index (χ3v) is 4.82. The highest BCUT2D eigenvalue weighted by Crippen LogP contribution is 2.24. The minimum Gasteiger partial charge on any atom is -0.489 e. The van der Waals surface area contributed by atoms with Crippen LogP contribution in [0.25, 0.3) is 0 Å². The molecule has 2 aromatic rings. The first kappa shape index (κ1) is 17.4. The first-order valence-corrected chi connectivity index (χ1v) is 8.69. The third kappa shape index (κ3) is 4.79. The van der Waals surface area contributed by atoms with E-state index in [1.54, 1.807) is 12.4 Å². The van der Waals surface area contributed by atoms with E-state index >= 15 is 0 Å². The Kier molecular flexibility index (Phi) is 5.66. The fraction of sp³-hybridized carbons (Fsp3) is 0.400. The number of hydrogen-bond acceptors (Lipinski definition) is 4. The Hall–Kier alpha value is -2.40. The Balaban J connectivity index is 1.55. The summed E-state index contributed by atoms with van der Waals surface area (Å²) >= 11 is 0. The van der Waals surface area contributed by atoms with Crippen LogP contribution in [0.4, 0.5) is 0 Å². The van der Waals surface area contributed by atoms with Gasteiger partial charge in [0.1, 0.15) is 12.4 Å². The van der Waals surface area contributed by atoms with Crippen molar-refractivity contribution < 1.29 is 14.6 Å². The van der Waals surface area contributed by atoms with Crippen LogP contribution in [0.15, 0.2) is 48.8 Å². The van der Waals surface area contributed by atoms with Crippen molar-refractivity contribution in [2.24, 2.45) is 5.92 Å². The van der Waals surface area contributed by atoms with E-state index in [4.69, 9.17) is 4.74 Å². The van der Waals surface area contributed by atoms with Gasteiger partial charge < -0.3 is 9.84 Å². The lowest BCUT2D eigenvalue weighted by Crippen LogP contribution is -2.43. The highest BCUT2D eigenvalue weighted by Gasteiger charge is 2.29. The van der Waals surface area contributed by atoms with Crippen molar-refractivity contribution in [3.8, 4) is 5.75 Å². The molecular formula is C20H24N2O3. The van der Waals surface area contributed by atoms with Crippen LogP contribution in [0.2, 0.25) is 0 Å². The van der Waals surface area contributed by atoms with Gasteiger partial charge in [-0.2, -0.15) is 0 Å². The molecule has 25 heavy (non-hydrogen) atoms. The van der Waals surface area contributed by atoms with Gasteiger partial charge in [-0.25, -0.2) is 0 Å². The van der Waals surface area contributed by atoms with E-state index in [0.29, 0.717) is 19.2 Å². The van der Waals surface area contributed by atoms with Gasteiger partial charge in [-0.1, -0.05) is 12.1 Å². The summed E-state index contributed by atoms with van der Waals surface area (Å²) in [6, 6.07) is 12.3. The predicted molar refractivity (Wildman–Crippen MR) is 95.2 cm³/mol. The van der Waals surface area contributed by atoms with Crippen molar-refractivity contribution in [3.05, 3.63) is 59.9 Å². The molecule has 1 saturated heterocycles. The van der Waals surface area contributed by atoms with Gasteiger partial charge in [-0.3, -0.25) is 14.7 Å². The van der Waals surface area contributed by atoms with Crippen LogP contribution in [0, 0.1) is 5.92 Å². The first-order valence-electron chi connectivity index (χ1n) is 8.69. The minimum atomic E-state index is -0.684. The number of aromatic nitrogens is 1. The zero-order valence-corrected chi connectivity index (χ0v) is 14.5. The lowest BCUT2D eigenvalue weighted by molar-refractivity contribution is -0.144. The number of carboxylic acid groups (broad SMARTS) is 1. The molecule has 3 rings (SSSR count). The van der Waals surface area contributed by atoms with E-state index in [2.05, 4.69) is 28.9 Å². The number of ether oxygens (including phenoxy) is 1. The lowest BCUT2D eigenvalue weighted by atomic mass is 9.93. The maximum absolute atomic E-state index is 11.2. The molecule has 2 unspecified atom stereocenters. The molecule has 0 aliphatic carbocycles. The predicted octanol–water partition coefficient (Wildman–Crippen LogP) is 3.35. The van der Waals surface area contributed by atoms with Gasteiger partial charge in [0.15, 0.2) is 0 Å². The van der Waals surface area contributed by atoms with Crippen LogP contribution in [0.1, 0.15) is 30.9 Å². The van der Waals surface area contributed by atoms with Crippen molar-refractivity contribution >= 4 is 5.97 Å². The Bertz CT molecular complexity index is 688. The molecule has 2 heterocycles. The number of piperidine rings is 1. The number of pyridine rings is 1. The van der Waals surface area contributed by atoms with E-state index in [1.165, 1.54) is 5.56 Å². The molecule has 0 spiro atoms. The summed E-state index contributed by atoms with van der Waals surface area (Å²) in [4.78, 5) is 17.5. The van der Waals surface area contributed by atoms with Gasteiger partial charge in [0.25, 0.3) is 0 Å². The highest BCUT2D eigenvalue weighted by molar-refractivity contribution is 5.70. The number of hydrogen-bond donors (Lipinski definition) is 1. The zero-order chi connectivity index (χ0) is 17.6. The summed E-state index contributed by atoms with van der Waals surface area (Å²) in [6.45, 7) is 4.09. The molecule has 0 amide bonds. The van der Waals surface area contributed by atoms with Crippen molar-refractivity contribution in [1.29, 1.82) is 0 Å². The topological polar surface area (TPSA) is 62.7 Å². The summed E-state index contributed by atoms with van der Waals surface area (Å²) in [7, 11) is 0. The number of benzene rings is 1. The quantitative estimate of drug-likeness (QED) is 0.874. The van der Waals surface area contributed by atoms with Crippen LogP contribution in [0.3, 0.4) is 0 Å². The molecule has 1 aromatic carbocycles. The highest BCUT2D eigenvalue weighted by atomic mass is 16.5. The molecule has 5 nitrogen and oxygen atoms in total. The molecule has 1 aromatic heterocycles. The second kappa shape index (κ2) is 8.12. The van der Waals surface area contributed by atoms with Crippen LogP contribution in [0.5, 0.6) is 5.75 Å². The van der Waals surface area contributed by atoms with Crippen LogP contribution >= 0.6 is 0 Å². The number of likely N-dealkylation sites (tertiary alicyclic amines) is 1. The summed E-state index contributed by atoms with van der Waals surface area (Å²) in [5.74, 6) is -0.105. The monoisotopic (exact) mass is 340 g/mol. The Morgan fingerprint density at radius 3 is 2.56 bits per heavy atom. The van der Waals surface area contributed by atoms with Crippen LogP contribution in [-0.2, 0) is 17.9 Å². The Morgan fingerprint density at radius 1 is 1.16 bits per heavy atom. The lowest BCUT2D eigenvalue weighted by Gasteiger charge is -2.36. The SMILES string of the molecule is CC1CCC(C(=O)O)CN1Cc1ccc(OCc2ccncc2)cc1. The molecule has 132 valence electrons. The average molecular weight is 340 g/mol. The van der Waals surface area contributed by atoms with Crippen LogP contribution in [-0.4, -0.2) is 33.5 Å². The number of carbonyl (C=O) groups is 1. The summed E-state index contributed by atoms with van der Waals surface area (Å²) < 4.78 is 5.79. The molecule has 0 bridgehead atoms. The van der Waals surface area contributed by atoms with E-state index in [-0.39, 0.29) is 5.92 Å². The minimum absolute atomic E-state index is 0.251. The van der Waals surface area contributed by atoms with E-state index < -0.39 is 5.97 Å². The van der Waals surface area contributed by atoms with Gasteiger partial charge in [0.2, 0.25) is 0 Å². The van der Waals surface area contributed by atoms with Gasteiger partial charge in [0, 0.05) is 31.5 Å². The first-order chi connectivity index (χ1) is 12.1. The maximum atomic E-state index is 11.2. The summed E-state index contributed by atoms with van der Waals surface area (Å²) in [5, 5.41) is 9.25. The van der Waals surface area contributed by atoms with Crippen molar-refractivity contribution in [2.75, 3.05) is 6.54 Å². The Morgan fingerprint density at radius 2 is 1.88 bits per heavy atom. The fourth-order valence-electron chi connectivity index (χ4n) is 3.17. The third-order valence-electron chi connectivity index (χ3n) is 4.82. The normalized spacial score (nSPS) is 21.0. The molecule has 2 atom stereocenters. The van der Waals surface area contributed by atoms with E-state index in [1.807, 2.05) is 24.3 Å². The second-order valence-corrected chi connectivity index (χ2v) is 6.68. The molecule has 1 N–H and O–H groups in total. The molecule has 1 aliphatic heterocycles. The molecule has 1 fully saturated rings. The van der Waals surface area contributed by atoms with Crippen molar-refractivity contribution in [1.82, 2.24) is 9.88 Å². The smallest absolute Gasteiger partial charge is 0.307 e. The second-order valence-electron chi connectivity index (χ2n) is 6.68. The van der Waals surface area contributed by atoms with E-state index in [0.717, 1.165) is 30.7 Å². The molecular weight excluding hydrogens is 316 g/mol. The maximum Gasteiger partial charge on any atom is 0.307 e. The number of aliphatic carboxylic acids is 1. The zero-order valence-electron chi connectivity index (χ0n) is 14.5. The van der Waals surface area contributed by atoms with Crippen molar-refractivity contribution in [2.45, 2.75) is 39.0 Å². The van der Waals surface area contributed by atoms with Crippen molar-refractivity contribution in [3.63, 3.8) is 0 Å². The number of rotatable bonds is 6. The number of nitrogens with zero attached hydrogens (tertiary/aromatic N) is 2. The molecule has 0 saturated carbocycles.